The van der Waals surface area contributed by atoms with E-state index in [9.17, 15) is 5.11 Å². The van der Waals surface area contributed by atoms with Crippen LogP contribution in [0.2, 0.25) is 0 Å². The number of aromatic hydroxyl groups is 2. The Morgan fingerprint density at radius 3 is 2.64 bits per heavy atom. The van der Waals surface area contributed by atoms with E-state index in [0.717, 1.165) is 12.0 Å². The summed E-state index contributed by atoms with van der Waals surface area (Å²) in [4.78, 5) is 0. The zero-order valence-corrected chi connectivity index (χ0v) is 6.25. The van der Waals surface area contributed by atoms with Crippen LogP contribution in [-0.4, -0.2) is 10.2 Å². The molecule has 0 bridgehead atoms. The summed E-state index contributed by atoms with van der Waals surface area (Å²) in [5.41, 5.74) is 0.750. The number of aryl methyl sites for hydroxylation is 1. The molecular weight excluding hydrogens is 140 g/mol. The van der Waals surface area contributed by atoms with Crippen molar-refractivity contribution in [1.82, 2.24) is 0 Å². The highest BCUT2D eigenvalue weighted by atomic mass is 16.3. The average Bonchev–Trinajstić information content (AvgIpc) is 1.99. The van der Waals surface area contributed by atoms with Crippen LogP contribution in [-0.2, 0) is 6.42 Å². The number of hydrogen-bond acceptors (Lipinski definition) is 2. The SMILES string of the molecule is [CH2]CCc1cccc(O)c1O. The van der Waals surface area contributed by atoms with Crippen molar-refractivity contribution in [3.8, 4) is 11.5 Å². The number of para-hydroxylation sites is 1. The second-order valence-corrected chi connectivity index (χ2v) is 2.39. The van der Waals surface area contributed by atoms with Gasteiger partial charge in [0.25, 0.3) is 0 Å². The van der Waals surface area contributed by atoms with E-state index in [1.807, 2.05) is 0 Å². The highest BCUT2D eigenvalue weighted by Crippen LogP contribution is 2.28. The molecule has 0 aromatic heterocycles. The molecule has 0 aliphatic carbocycles. The Bertz CT molecular complexity index is 243. The van der Waals surface area contributed by atoms with Gasteiger partial charge >= 0.3 is 0 Å². The number of phenolic OH excluding ortho intramolecular Hbond substituents is 2. The predicted octanol–water partition coefficient (Wildman–Crippen LogP) is 1.86. The van der Waals surface area contributed by atoms with E-state index >= 15 is 0 Å². The minimum atomic E-state index is -0.0593. The van der Waals surface area contributed by atoms with Gasteiger partial charge in [-0.15, -0.1) is 0 Å². The molecule has 0 aliphatic rings. The Morgan fingerprint density at radius 2 is 2.00 bits per heavy atom. The van der Waals surface area contributed by atoms with Crippen LogP contribution < -0.4 is 0 Å². The Morgan fingerprint density at radius 1 is 1.27 bits per heavy atom. The average molecular weight is 151 g/mol. The molecule has 2 nitrogen and oxygen atoms in total. The molecule has 0 saturated heterocycles. The van der Waals surface area contributed by atoms with Crippen molar-refractivity contribution in [1.29, 1.82) is 0 Å². The second-order valence-electron chi connectivity index (χ2n) is 2.39. The van der Waals surface area contributed by atoms with Crippen molar-refractivity contribution < 1.29 is 10.2 Å². The smallest absolute Gasteiger partial charge is 0.160 e. The van der Waals surface area contributed by atoms with E-state index in [2.05, 4.69) is 6.92 Å². The van der Waals surface area contributed by atoms with Crippen molar-refractivity contribution in [2.24, 2.45) is 0 Å². The van der Waals surface area contributed by atoms with E-state index < -0.39 is 0 Å². The Labute approximate surface area is 66.1 Å². The van der Waals surface area contributed by atoms with Gasteiger partial charge < -0.3 is 10.2 Å². The molecule has 1 aromatic rings. The molecule has 1 radical (unpaired) electrons. The summed E-state index contributed by atoms with van der Waals surface area (Å²) >= 11 is 0. The fraction of sp³-hybridized carbons (Fsp3) is 0.222. The number of rotatable bonds is 2. The van der Waals surface area contributed by atoms with Crippen molar-refractivity contribution in [2.75, 3.05) is 0 Å². The maximum atomic E-state index is 9.25. The van der Waals surface area contributed by atoms with Crippen molar-refractivity contribution in [2.45, 2.75) is 12.8 Å². The van der Waals surface area contributed by atoms with E-state index in [0.29, 0.717) is 6.42 Å². The lowest BCUT2D eigenvalue weighted by molar-refractivity contribution is 0.399. The molecule has 1 rings (SSSR count). The summed E-state index contributed by atoms with van der Waals surface area (Å²) in [6.07, 6.45) is 1.41. The summed E-state index contributed by atoms with van der Waals surface area (Å²) in [6.45, 7) is 3.66. The molecule has 0 unspecified atom stereocenters. The summed E-state index contributed by atoms with van der Waals surface area (Å²) < 4.78 is 0. The van der Waals surface area contributed by atoms with Gasteiger partial charge in [0.2, 0.25) is 0 Å². The number of benzene rings is 1. The summed E-state index contributed by atoms with van der Waals surface area (Å²) in [6, 6.07) is 4.95. The first-order valence-corrected chi connectivity index (χ1v) is 3.54. The van der Waals surface area contributed by atoms with Gasteiger partial charge in [-0.25, -0.2) is 0 Å². The lowest BCUT2D eigenvalue weighted by atomic mass is 10.1. The topological polar surface area (TPSA) is 40.5 Å². The molecule has 11 heavy (non-hydrogen) atoms. The Hall–Kier alpha value is -1.18. The highest BCUT2D eigenvalue weighted by molar-refractivity contribution is 5.44. The first-order chi connectivity index (χ1) is 5.25. The lowest BCUT2D eigenvalue weighted by Crippen LogP contribution is -1.83. The van der Waals surface area contributed by atoms with E-state index in [4.69, 9.17) is 5.11 Å². The molecule has 0 atom stereocenters. The standard InChI is InChI=1S/C9H11O2/c1-2-4-7-5-3-6-8(10)9(7)11/h3,5-6,10-11H,1-2,4H2. The maximum absolute atomic E-state index is 9.25. The van der Waals surface area contributed by atoms with Gasteiger partial charge in [0, 0.05) is 0 Å². The van der Waals surface area contributed by atoms with Gasteiger partial charge in [-0.1, -0.05) is 19.1 Å². The van der Waals surface area contributed by atoms with E-state index in [1.54, 1.807) is 12.1 Å². The minimum Gasteiger partial charge on any atom is -0.504 e. The van der Waals surface area contributed by atoms with E-state index in [1.165, 1.54) is 6.07 Å². The second kappa shape index (κ2) is 3.28. The Kier molecular flexibility index (Phi) is 2.36. The monoisotopic (exact) mass is 151 g/mol. The molecular formula is C9H11O2. The van der Waals surface area contributed by atoms with Gasteiger partial charge in [0.15, 0.2) is 11.5 Å². The summed E-state index contributed by atoms with van der Waals surface area (Å²) in [7, 11) is 0. The molecule has 0 spiro atoms. The third-order valence-corrected chi connectivity index (χ3v) is 1.54. The first-order valence-electron chi connectivity index (χ1n) is 3.54. The molecule has 2 N–H and O–H groups in total. The fourth-order valence-electron chi connectivity index (χ4n) is 0.970. The van der Waals surface area contributed by atoms with Crippen LogP contribution in [0.5, 0.6) is 11.5 Å². The summed E-state index contributed by atoms with van der Waals surface area (Å²) in [5, 5.41) is 18.3. The molecule has 59 valence electrons. The maximum Gasteiger partial charge on any atom is 0.160 e. The zero-order chi connectivity index (χ0) is 8.27. The first kappa shape index (κ1) is 7.92. The third kappa shape index (κ3) is 1.64. The zero-order valence-electron chi connectivity index (χ0n) is 6.25. The van der Waals surface area contributed by atoms with Crippen molar-refractivity contribution >= 4 is 0 Å². The van der Waals surface area contributed by atoms with Crippen LogP contribution in [0.15, 0.2) is 18.2 Å². The molecule has 0 fully saturated rings. The van der Waals surface area contributed by atoms with Crippen LogP contribution in [0, 0.1) is 6.92 Å². The van der Waals surface area contributed by atoms with Crippen LogP contribution in [0.3, 0.4) is 0 Å². The van der Waals surface area contributed by atoms with Crippen LogP contribution in [0.4, 0.5) is 0 Å². The number of hydrogen-bond donors (Lipinski definition) is 2. The fourth-order valence-corrected chi connectivity index (χ4v) is 0.970. The molecule has 1 aromatic carbocycles. The van der Waals surface area contributed by atoms with E-state index in [-0.39, 0.29) is 11.5 Å². The highest BCUT2D eigenvalue weighted by Gasteiger charge is 2.02. The van der Waals surface area contributed by atoms with Crippen LogP contribution in [0.25, 0.3) is 0 Å². The van der Waals surface area contributed by atoms with Gasteiger partial charge in [0.1, 0.15) is 0 Å². The third-order valence-electron chi connectivity index (χ3n) is 1.54. The molecule has 0 saturated carbocycles. The molecule has 0 aliphatic heterocycles. The lowest BCUT2D eigenvalue weighted by Gasteiger charge is -2.02. The largest absolute Gasteiger partial charge is 0.504 e. The molecule has 0 heterocycles. The van der Waals surface area contributed by atoms with Gasteiger partial charge in [0.05, 0.1) is 0 Å². The van der Waals surface area contributed by atoms with Gasteiger partial charge in [-0.2, -0.15) is 0 Å². The quantitative estimate of drug-likeness (QED) is 0.633. The Balaban J connectivity index is 2.96. The number of phenols is 2. The van der Waals surface area contributed by atoms with Crippen molar-refractivity contribution in [3.05, 3.63) is 30.7 Å². The molecule has 2 heteroatoms. The molecule has 0 amide bonds. The predicted molar refractivity (Wildman–Crippen MR) is 43.4 cm³/mol. The summed E-state index contributed by atoms with van der Waals surface area (Å²) in [5.74, 6) is -0.0768. The van der Waals surface area contributed by atoms with Crippen molar-refractivity contribution in [3.63, 3.8) is 0 Å². The van der Waals surface area contributed by atoms with Crippen LogP contribution >= 0.6 is 0 Å². The van der Waals surface area contributed by atoms with Crippen LogP contribution in [0.1, 0.15) is 12.0 Å². The minimum absolute atomic E-state index is 0.0175. The normalized spacial score (nSPS) is 9.91. The van der Waals surface area contributed by atoms with Gasteiger partial charge in [-0.05, 0) is 24.5 Å². The van der Waals surface area contributed by atoms with Gasteiger partial charge in [-0.3, -0.25) is 0 Å².